The highest BCUT2D eigenvalue weighted by molar-refractivity contribution is 7.99. The van der Waals surface area contributed by atoms with Crippen LogP contribution >= 0.6 is 11.8 Å². The lowest BCUT2D eigenvalue weighted by molar-refractivity contribution is -0.139. The number of anilines is 2. The molecule has 0 N–H and O–H groups in total. The summed E-state index contributed by atoms with van der Waals surface area (Å²) in [5.41, 5.74) is -2.91. The van der Waals surface area contributed by atoms with Crippen molar-refractivity contribution < 1.29 is 55.0 Å². The number of hydrogen-bond donors (Lipinski definition) is 0. The highest BCUT2D eigenvalue weighted by atomic mass is 32.2. The predicted octanol–water partition coefficient (Wildman–Crippen LogP) is 11.8. The fourth-order valence-electron chi connectivity index (χ4n) is 9.35. The van der Waals surface area contributed by atoms with E-state index >= 15 is 26.3 Å². The van der Waals surface area contributed by atoms with Gasteiger partial charge in [0.2, 0.25) is 11.8 Å². The molecule has 4 aliphatic rings. The van der Waals surface area contributed by atoms with Gasteiger partial charge in [0.1, 0.15) is 11.2 Å². The molecule has 4 aromatic carbocycles. The Hall–Kier alpha value is -6.63. The fourth-order valence-corrected chi connectivity index (χ4v) is 10.5. The molecule has 0 aromatic heterocycles. The molecule has 8 rings (SSSR count). The Kier molecular flexibility index (Phi) is 16.0. The van der Waals surface area contributed by atoms with Crippen molar-refractivity contribution in [3.63, 3.8) is 0 Å². The molecular weight excluding hydrogens is 999 g/mol. The van der Waals surface area contributed by atoms with Crippen LogP contribution < -0.4 is 9.80 Å². The third-order valence-electron chi connectivity index (χ3n) is 13.2. The Bertz CT molecular complexity index is 2660. The highest BCUT2D eigenvalue weighted by Crippen LogP contribution is 2.53. The first-order valence-electron chi connectivity index (χ1n) is 25.1. The van der Waals surface area contributed by atoms with Crippen molar-refractivity contribution in [1.82, 2.24) is 19.6 Å². The molecule has 0 radical (unpaired) electrons. The van der Waals surface area contributed by atoms with Crippen LogP contribution in [-0.4, -0.2) is 133 Å². The van der Waals surface area contributed by atoms with E-state index in [1.807, 2.05) is 9.80 Å². The molecule has 4 aliphatic heterocycles. The first-order chi connectivity index (χ1) is 35.4. The largest absolute Gasteiger partial charge is 0.444 e. The normalized spacial score (nSPS) is 16.9. The minimum absolute atomic E-state index is 0.0250. The smallest absolute Gasteiger partial charge is 0.418 e. The number of ether oxygens (including phenoxy) is 2. The molecule has 4 amide bonds. The highest BCUT2D eigenvalue weighted by Gasteiger charge is 2.42. The van der Waals surface area contributed by atoms with E-state index in [9.17, 15) is 19.2 Å². The second-order valence-electron chi connectivity index (χ2n) is 20.9. The summed E-state index contributed by atoms with van der Waals surface area (Å²) in [5, 5.41) is 0. The van der Waals surface area contributed by atoms with Gasteiger partial charge in [-0.1, -0.05) is 60.3 Å². The monoisotopic (exact) mass is 1060 g/mol. The summed E-state index contributed by atoms with van der Waals surface area (Å²) in [7, 11) is 0. The standard InChI is InChI=1S/C56H62F6N6O6S/c1-53(2,3)73-51(71)67-33-29-65(30-34-67)45(69)23-19-37-17-21-43(49(55(57,58)59)47(37)39-13-7-9-15-41(39)63-25-11-26-63)75-44-22-18-38(20-24-46(70)66-31-35-68(36-32-66)52(72)74-54(4,5)6)48(50(44)56(60,61)62)40-14-8-10-16-42(40)64-27-12-28-64/h7-10,13-24H,11-12,25-36H2,1-6H3. The Morgan fingerprint density at radius 2 is 0.800 bits per heavy atom. The Labute approximate surface area is 437 Å². The van der Waals surface area contributed by atoms with Crippen molar-refractivity contribution in [2.45, 2.75) is 87.7 Å². The molecular formula is C56H62F6N6O6S. The summed E-state index contributed by atoms with van der Waals surface area (Å²) in [6.07, 6.45) is -4.65. The van der Waals surface area contributed by atoms with E-state index in [0.717, 1.165) is 25.0 Å². The lowest BCUT2D eigenvalue weighted by Gasteiger charge is -2.36. The number of benzene rings is 4. The molecule has 19 heteroatoms. The zero-order valence-electron chi connectivity index (χ0n) is 42.9. The van der Waals surface area contributed by atoms with Crippen LogP contribution in [0.1, 0.15) is 76.6 Å². The van der Waals surface area contributed by atoms with Gasteiger partial charge in [-0.2, -0.15) is 26.3 Å². The number of carbonyl (C=O) groups excluding carboxylic acids is 4. The molecule has 400 valence electrons. The van der Waals surface area contributed by atoms with Crippen molar-refractivity contribution in [3.8, 4) is 22.3 Å². The summed E-state index contributed by atoms with van der Waals surface area (Å²) in [6, 6.07) is 18.2. The second kappa shape index (κ2) is 21.9. The Morgan fingerprint density at radius 1 is 0.467 bits per heavy atom. The summed E-state index contributed by atoms with van der Waals surface area (Å²) in [4.78, 5) is 61.6. The van der Waals surface area contributed by atoms with Gasteiger partial charge in [0.15, 0.2) is 0 Å². The quantitative estimate of drug-likeness (QED) is 0.113. The van der Waals surface area contributed by atoms with Gasteiger partial charge in [-0.3, -0.25) is 9.59 Å². The van der Waals surface area contributed by atoms with Crippen molar-refractivity contribution in [2.75, 3.05) is 88.3 Å². The first kappa shape index (κ1) is 54.6. The third-order valence-corrected chi connectivity index (χ3v) is 14.3. The number of carbonyl (C=O) groups is 4. The maximum atomic E-state index is 16.1. The summed E-state index contributed by atoms with van der Waals surface area (Å²) < 4.78 is 108. The van der Waals surface area contributed by atoms with E-state index in [-0.39, 0.29) is 85.7 Å². The van der Waals surface area contributed by atoms with Crippen molar-refractivity contribution >= 4 is 59.3 Å². The summed E-state index contributed by atoms with van der Waals surface area (Å²) in [6.45, 7) is 14.2. The number of halogens is 6. The van der Waals surface area contributed by atoms with Crippen LogP contribution in [-0.2, 0) is 31.4 Å². The number of piperazine rings is 2. The van der Waals surface area contributed by atoms with E-state index in [0.29, 0.717) is 49.3 Å². The average molecular weight is 1060 g/mol. The van der Waals surface area contributed by atoms with Gasteiger partial charge >= 0.3 is 24.5 Å². The minimum Gasteiger partial charge on any atom is -0.444 e. The van der Waals surface area contributed by atoms with E-state index in [1.165, 1.54) is 56.0 Å². The van der Waals surface area contributed by atoms with Crippen molar-refractivity contribution in [3.05, 3.63) is 107 Å². The molecule has 4 heterocycles. The van der Waals surface area contributed by atoms with Gasteiger partial charge in [-0.15, -0.1) is 0 Å². The van der Waals surface area contributed by atoms with Crippen LogP contribution in [0.25, 0.3) is 34.4 Å². The molecule has 0 unspecified atom stereocenters. The van der Waals surface area contributed by atoms with Gasteiger partial charge in [-0.05, 0) is 102 Å². The third kappa shape index (κ3) is 12.9. The molecule has 4 saturated heterocycles. The maximum Gasteiger partial charge on any atom is 0.418 e. The lowest BCUT2D eigenvalue weighted by atomic mass is 9.91. The number of hydrogen-bond acceptors (Lipinski definition) is 9. The van der Waals surface area contributed by atoms with Crippen LogP contribution in [0.15, 0.2) is 94.7 Å². The number of para-hydroxylation sites is 2. The average Bonchev–Trinajstić information content (AvgIpc) is 3.30. The van der Waals surface area contributed by atoms with Crippen LogP contribution in [0.3, 0.4) is 0 Å². The topological polar surface area (TPSA) is 106 Å². The number of alkyl halides is 6. The van der Waals surface area contributed by atoms with Gasteiger partial charge in [0, 0.05) is 134 Å². The van der Waals surface area contributed by atoms with E-state index in [1.54, 1.807) is 90.1 Å². The summed E-state index contributed by atoms with van der Waals surface area (Å²) in [5.74, 6) is -0.990. The zero-order chi connectivity index (χ0) is 54.0. The Morgan fingerprint density at radius 3 is 1.11 bits per heavy atom. The van der Waals surface area contributed by atoms with E-state index in [4.69, 9.17) is 9.47 Å². The number of amides is 4. The fraction of sp³-hybridized carbons (Fsp3) is 0.429. The van der Waals surface area contributed by atoms with E-state index in [2.05, 4.69) is 0 Å². The number of rotatable bonds is 10. The molecule has 12 nitrogen and oxygen atoms in total. The van der Waals surface area contributed by atoms with Gasteiger partial charge in [0.25, 0.3) is 0 Å². The predicted molar refractivity (Wildman–Crippen MR) is 278 cm³/mol. The molecule has 0 bridgehead atoms. The lowest BCUT2D eigenvalue weighted by Crippen LogP contribution is -2.51. The number of nitrogens with zero attached hydrogens (tertiary/aromatic N) is 6. The molecule has 0 aliphatic carbocycles. The molecule has 0 spiro atoms. The van der Waals surface area contributed by atoms with Crippen LogP contribution in [0.5, 0.6) is 0 Å². The zero-order valence-corrected chi connectivity index (χ0v) is 43.8. The summed E-state index contributed by atoms with van der Waals surface area (Å²) >= 11 is 0.353. The van der Waals surface area contributed by atoms with Gasteiger partial charge in [-0.25, -0.2) is 9.59 Å². The molecule has 75 heavy (non-hydrogen) atoms. The van der Waals surface area contributed by atoms with E-state index < -0.39 is 68.5 Å². The maximum absolute atomic E-state index is 16.1. The van der Waals surface area contributed by atoms with Crippen LogP contribution in [0, 0.1) is 0 Å². The molecule has 0 atom stereocenters. The van der Waals surface area contributed by atoms with Crippen molar-refractivity contribution in [2.24, 2.45) is 0 Å². The van der Waals surface area contributed by atoms with Crippen molar-refractivity contribution in [1.29, 1.82) is 0 Å². The first-order valence-corrected chi connectivity index (χ1v) is 25.9. The molecule has 0 saturated carbocycles. The molecule has 4 fully saturated rings. The van der Waals surface area contributed by atoms with Gasteiger partial charge < -0.3 is 38.9 Å². The second-order valence-corrected chi connectivity index (χ2v) is 22.0. The van der Waals surface area contributed by atoms with Crippen LogP contribution in [0.4, 0.5) is 47.3 Å². The van der Waals surface area contributed by atoms with Gasteiger partial charge in [0.05, 0.1) is 11.1 Å². The molecule has 4 aromatic rings. The minimum atomic E-state index is -5.11. The van der Waals surface area contributed by atoms with Crippen LogP contribution in [0.2, 0.25) is 0 Å². The Balaban J connectivity index is 1.19. The SMILES string of the molecule is CC(C)(C)OC(=O)N1CCN(C(=O)C=Cc2ccc(Sc3ccc(C=CC(=O)N4CCN(C(=O)OC(C)(C)C)CC4)c(-c4ccccc4N4CCC4)c3C(F)(F)F)c(C(F)(F)F)c2-c2ccccc2N2CCC2)CC1.